The van der Waals surface area contributed by atoms with Crippen LogP contribution < -0.4 is 26.6 Å². The van der Waals surface area contributed by atoms with Crippen molar-refractivity contribution < 1.29 is 29.4 Å². The first kappa shape index (κ1) is 42.5. The summed E-state index contributed by atoms with van der Waals surface area (Å²) >= 11 is 0. The lowest BCUT2D eigenvalue weighted by molar-refractivity contribution is -0.115. The van der Waals surface area contributed by atoms with E-state index < -0.39 is 11.8 Å². The number of amides is 4. The first-order valence-electron chi connectivity index (χ1n) is 20.2. The van der Waals surface area contributed by atoms with E-state index in [9.17, 15) is 29.4 Å². The van der Waals surface area contributed by atoms with Crippen molar-refractivity contribution in [3.05, 3.63) is 169 Å². The van der Waals surface area contributed by atoms with Gasteiger partial charge >= 0.3 is 0 Å². The SMILES string of the molecule is CC(=O)Nc1cccc(NC(=O)c2cc3ccccc3c(N=Nc3ccc(Nc4ccc(N=Nc5c(O)c(C(=O)Nc6cccc(NC(C)=O)c6)cc6ccccc56)cc4)cc3)c2O)c1. The zero-order valence-electron chi connectivity index (χ0n) is 34.8. The summed E-state index contributed by atoms with van der Waals surface area (Å²) in [6, 6.07) is 45.2. The number of aromatic hydroxyl groups is 2. The van der Waals surface area contributed by atoms with Crippen molar-refractivity contribution in [3.8, 4) is 11.5 Å². The molecule has 15 heteroatoms. The molecule has 0 saturated carbocycles. The fraction of sp³-hybridized carbons (Fsp3) is 0.0400. The first-order chi connectivity index (χ1) is 31.5. The number of benzene rings is 8. The van der Waals surface area contributed by atoms with Crippen molar-refractivity contribution in [2.75, 3.05) is 26.6 Å². The van der Waals surface area contributed by atoms with E-state index in [4.69, 9.17) is 0 Å². The van der Waals surface area contributed by atoms with Gasteiger partial charge in [0.15, 0.2) is 11.5 Å². The Balaban J connectivity index is 0.952. The maximum absolute atomic E-state index is 13.4. The fourth-order valence-electron chi connectivity index (χ4n) is 6.94. The topological polar surface area (TPSA) is 218 Å². The number of phenolic OH excluding ortho intramolecular Hbond substituents is 2. The van der Waals surface area contributed by atoms with Crippen molar-refractivity contribution in [1.29, 1.82) is 0 Å². The number of rotatable bonds is 12. The third kappa shape index (κ3) is 10.1. The van der Waals surface area contributed by atoms with Crippen LogP contribution in [0.15, 0.2) is 178 Å². The average Bonchev–Trinajstić information content (AvgIpc) is 3.29. The van der Waals surface area contributed by atoms with Crippen LogP contribution in [-0.4, -0.2) is 33.8 Å². The minimum absolute atomic E-state index is 0.000163. The number of nitrogens with one attached hydrogen (secondary N) is 5. The number of carbonyl (C=O) groups excluding carboxylic acids is 4. The van der Waals surface area contributed by atoms with E-state index in [-0.39, 0.29) is 45.8 Å². The van der Waals surface area contributed by atoms with E-state index in [1.54, 1.807) is 109 Å². The van der Waals surface area contributed by atoms with Gasteiger partial charge in [-0.25, -0.2) is 0 Å². The molecule has 0 aliphatic rings. The van der Waals surface area contributed by atoms with E-state index in [0.29, 0.717) is 55.7 Å². The molecule has 8 aromatic carbocycles. The molecule has 0 aliphatic carbocycles. The van der Waals surface area contributed by atoms with E-state index in [1.807, 2.05) is 48.5 Å². The summed E-state index contributed by atoms with van der Waals surface area (Å²) in [5.41, 5.74) is 4.62. The minimum Gasteiger partial charge on any atom is -0.505 e. The van der Waals surface area contributed by atoms with Crippen LogP contribution in [0.4, 0.5) is 56.9 Å². The molecule has 0 fully saturated rings. The molecule has 8 aromatic rings. The van der Waals surface area contributed by atoms with Crippen LogP contribution in [0.1, 0.15) is 34.6 Å². The van der Waals surface area contributed by atoms with Crippen molar-refractivity contribution in [2.45, 2.75) is 13.8 Å². The lowest BCUT2D eigenvalue weighted by Crippen LogP contribution is -2.13. The Morgan fingerprint density at radius 1 is 0.400 bits per heavy atom. The monoisotopic (exact) mass is 861 g/mol. The van der Waals surface area contributed by atoms with Crippen molar-refractivity contribution >= 4 is 102 Å². The number of hydrogen-bond donors (Lipinski definition) is 7. The third-order valence-corrected chi connectivity index (χ3v) is 9.92. The molecule has 0 heterocycles. The molecule has 0 spiro atoms. The van der Waals surface area contributed by atoms with Gasteiger partial charge in [0.05, 0.1) is 22.5 Å². The predicted octanol–water partition coefficient (Wildman–Crippen LogP) is 12.4. The summed E-state index contributed by atoms with van der Waals surface area (Å²) < 4.78 is 0. The summed E-state index contributed by atoms with van der Waals surface area (Å²) in [6.45, 7) is 2.78. The second-order valence-electron chi connectivity index (χ2n) is 14.7. The Morgan fingerprint density at radius 3 is 1.15 bits per heavy atom. The summed E-state index contributed by atoms with van der Waals surface area (Å²) in [4.78, 5) is 49.9. The third-order valence-electron chi connectivity index (χ3n) is 9.92. The van der Waals surface area contributed by atoms with Gasteiger partial charge in [-0.3, -0.25) is 19.2 Å². The quantitative estimate of drug-likeness (QED) is 0.0589. The number of phenols is 2. The van der Waals surface area contributed by atoms with Crippen LogP contribution >= 0.6 is 0 Å². The number of azo groups is 2. The molecule has 0 bridgehead atoms. The molecular formula is C50H39N9O6. The van der Waals surface area contributed by atoms with Gasteiger partial charge in [-0.05, 0) is 108 Å². The second kappa shape index (κ2) is 18.8. The van der Waals surface area contributed by atoms with Gasteiger partial charge in [-0.15, -0.1) is 10.2 Å². The number of hydrogen-bond acceptors (Lipinski definition) is 11. The van der Waals surface area contributed by atoms with Gasteiger partial charge in [0.25, 0.3) is 11.8 Å². The molecule has 0 atom stereocenters. The molecule has 0 unspecified atom stereocenters. The van der Waals surface area contributed by atoms with E-state index in [2.05, 4.69) is 47.0 Å². The number of anilines is 6. The molecule has 0 aromatic heterocycles. The molecule has 15 nitrogen and oxygen atoms in total. The van der Waals surface area contributed by atoms with Gasteiger partial charge in [-0.1, -0.05) is 60.7 Å². The zero-order valence-corrected chi connectivity index (χ0v) is 34.8. The summed E-state index contributed by atoms with van der Waals surface area (Å²) in [6.07, 6.45) is 0. The molecule has 0 saturated heterocycles. The average molecular weight is 862 g/mol. The summed E-state index contributed by atoms with van der Waals surface area (Å²) in [5, 5.41) is 57.0. The highest BCUT2D eigenvalue weighted by atomic mass is 16.3. The van der Waals surface area contributed by atoms with Crippen LogP contribution in [0.2, 0.25) is 0 Å². The summed E-state index contributed by atoms with van der Waals surface area (Å²) in [5.74, 6) is -2.31. The van der Waals surface area contributed by atoms with Crippen molar-refractivity contribution in [1.82, 2.24) is 0 Å². The van der Waals surface area contributed by atoms with Crippen molar-refractivity contribution in [3.63, 3.8) is 0 Å². The molecule has 4 amide bonds. The van der Waals surface area contributed by atoms with E-state index in [0.717, 1.165) is 11.4 Å². The lowest BCUT2D eigenvalue weighted by Gasteiger charge is -2.12. The molecule has 0 aliphatic heterocycles. The zero-order chi connectivity index (χ0) is 45.5. The maximum Gasteiger partial charge on any atom is 0.259 e. The first-order valence-corrected chi connectivity index (χ1v) is 20.2. The largest absolute Gasteiger partial charge is 0.505 e. The van der Waals surface area contributed by atoms with Crippen LogP contribution in [-0.2, 0) is 9.59 Å². The van der Waals surface area contributed by atoms with Gasteiger partial charge < -0.3 is 36.8 Å². The van der Waals surface area contributed by atoms with Crippen LogP contribution in [0.3, 0.4) is 0 Å². The standard InChI is InChI=1S/C50H39N9O6/c1-29(60)51-37-11-7-13-39(27-37)54-49(64)43-25-31-9-3-5-15-41(31)45(47(43)62)58-56-35-21-17-33(18-22-35)53-34-19-23-36(24-20-34)57-59-46-42-16-6-4-10-32(42)26-44(48(46)63)50(65)55-40-14-8-12-38(28-40)52-30(2)61/h3-28,53,62-63H,1-2H3,(H,51,60)(H,52,61)(H,54,64)(H,55,65). The molecule has 0 radical (unpaired) electrons. The second-order valence-corrected chi connectivity index (χ2v) is 14.7. The number of carbonyl (C=O) groups is 4. The Bertz CT molecular complexity index is 2990. The normalized spacial score (nSPS) is 11.2. The molecular weight excluding hydrogens is 823 g/mol. The predicted molar refractivity (Wildman–Crippen MR) is 253 cm³/mol. The van der Waals surface area contributed by atoms with Gasteiger partial charge in [0, 0.05) is 58.7 Å². The van der Waals surface area contributed by atoms with Gasteiger partial charge in [-0.2, -0.15) is 10.2 Å². The minimum atomic E-state index is -0.569. The maximum atomic E-state index is 13.4. The van der Waals surface area contributed by atoms with E-state index in [1.165, 1.54) is 13.8 Å². The Hall–Kier alpha value is -9.24. The number of nitrogens with zero attached hydrogens (tertiary/aromatic N) is 4. The lowest BCUT2D eigenvalue weighted by atomic mass is 10.0. The van der Waals surface area contributed by atoms with Crippen LogP contribution in [0.5, 0.6) is 11.5 Å². The Labute approximate surface area is 371 Å². The van der Waals surface area contributed by atoms with Crippen molar-refractivity contribution in [2.24, 2.45) is 20.5 Å². The number of fused-ring (bicyclic) bond motifs is 2. The fourth-order valence-corrected chi connectivity index (χ4v) is 6.94. The summed E-state index contributed by atoms with van der Waals surface area (Å²) in [7, 11) is 0. The highest BCUT2D eigenvalue weighted by Gasteiger charge is 2.20. The highest BCUT2D eigenvalue weighted by Crippen LogP contribution is 2.41. The van der Waals surface area contributed by atoms with E-state index >= 15 is 0 Å². The van der Waals surface area contributed by atoms with Gasteiger partial charge in [0.1, 0.15) is 11.4 Å². The Morgan fingerprint density at radius 2 is 0.769 bits per heavy atom. The Kier molecular flexibility index (Phi) is 12.3. The highest BCUT2D eigenvalue weighted by molar-refractivity contribution is 6.13. The molecule has 7 N–H and O–H groups in total. The molecule has 8 rings (SSSR count). The molecule has 65 heavy (non-hydrogen) atoms. The van der Waals surface area contributed by atoms with Crippen LogP contribution in [0.25, 0.3) is 21.5 Å². The van der Waals surface area contributed by atoms with Gasteiger partial charge in [0.2, 0.25) is 11.8 Å². The van der Waals surface area contributed by atoms with Crippen LogP contribution in [0, 0.1) is 0 Å². The smallest absolute Gasteiger partial charge is 0.259 e. The molecule has 320 valence electrons.